The van der Waals surface area contributed by atoms with Gasteiger partial charge in [0.1, 0.15) is 0 Å². The van der Waals surface area contributed by atoms with Gasteiger partial charge in [0.2, 0.25) is 12.3 Å². The molecule has 0 aliphatic rings. The van der Waals surface area contributed by atoms with E-state index in [2.05, 4.69) is 10.2 Å². The van der Waals surface area contributed by atoms with Crippen molar-refractivity contribution in [3.63, 3.8) is 0 Å². The summed E-state index contributed by atoms with van der Waals surface area (Å²) in [5.74, 6) is -0.850. The Labute approximate surface area is 79.0 Å². The van der Waals surface area contributed by atoms with Crippen molar-refractivity contribution in [1.29, 1.82) is 0 Å². The molecule has 0 saturated heterocycles. The van der Waals surface area contributed by atoms with E-state index in [0.29, 0.717) is 11.5 Å². The first-order valence-corrected chi connectivity index (χ1v) is 3.85. The Morgan fingerprint density at radius 2 is 2.00 bits per heavy atom. The monoisotopic (exact) mass is 189 g/mol. The molecule has 0 aliphatic carbocycles. The average molecular weight is 189 g/mol. The van der Waals surface area contributed by atoms with Crippen LogP contribution in [-0.2, 0) is 0 Å². The summed E-state index contributed by atoms with van der Waals surface area (Å²) in [4.78, 5) is 10.4. The lowest BCUT2D eigenvalue weighted by Crippen LogP contribution is -2.21. The van der Waals surface area contributed by atoms with Crippen molar-refractivity contribution >= 4 is 5.97 Å². The summed E-state index contributed by atoms with van der Waals surface area (Å²) in [6, 6.07) is 6.01. The zero-order valence-electron chi connectivity index (χ0n) is 7.01. The van der Waals surface area contributed by atoms with Crippen molar-refractivity contribution < 1.29 is 14.3 Å². The van der Waals surface area contributed by atoms with Crippen molar-refractivity contribution in [3.05, 3.63) is 36.2 Å². The molecule has 0 N–H and O–H groups in total. The molecule has 2 aromatic rings. The summed E-state index contributed by atoms with van der Waals surface area (Å²) in [7, 11) is 0. The summed E-state index contributed by atoms with van der Waals surface area (Å²) >= 11 is 0. The van der Waals surface area contributed by atoms with Crippen LogP contribution in [-0.4, -0.2) is 16.2 Å². The SMILES string of the molecule is O=C([O-])c1ccc(-c2nnco2)cc1. The molecule has 0 unspecified atom stereocenters. The molecule has 1 aromatic heterocycles. The number of hydrogen-bond donors (Lipinski definition) is 0. The molecule has 1 heterocycles. The smallest absolute Gasteiger partial charge is 0.247 e. The van der Waals surface area contributed by atoms with Crippen LogP contribution in [0, 0.1) is 0 Å². The Kier molecular flexibility index (Phi) is 1.98. The van der Waals surface area contributed by atoms with E-state index in [9.17, 15) is 9.90 Å². The summed E-state index contributed by atoms with van der Waals surface area (Å²) in [6.07, 6.45) is 1.21. The normalized spacial score (nSPS) is 10.0. The molecule has 0 bridgehead atoms. The van der Waals surface area contributed by atoms with Crippen molar-refractivity contribution in [3.8, 4) is 11.5 Å². The quantitative estimate of drug-likeness (QED) is 0.669. The fraction of sp³-hybridized carbons (Fsp3) is 0. The van der Waals surface area contributed by atoms with Gasteiger partial charge in [0, 0.05) is 5.56 Å². The molecule has 70 valence electrons. The van der Waals surface area contributed by atoms with Gasteiger partial charge in [-0.25, -0.2) is 0 Å². The van der Waals surface area contributed by atoms with Crippen molar-refractivity contribution in [1.82, 2.24) is 10.2 Å². The number of aromatic nitrogens is 2. The van der Waals surface area contributed by atoms with Gasteiger partial charge in [-0.15, -0.1) is 10.2 Å². The van der Waals surface area contributed by atoms with Gasteiger partial charge in [0.05, 0.1) is 5.97 Å². The van der Waals surface area contributed by atoms with Gasteiger partial charge in [0.25, 0.3) is 0 Å². The molecular weight excluding hydrogens is 184 g/mol. The van der Waals surface area contributed by atoms with Crippen molar-refractivity contribution in [2.75, 3.05) is 0 Å². The lowest BCUT2D eigenvalue weighted by Gasteiger charge is -2.01. The summed E-state index contributed by atoms with van der Waals surface area (Å²) in [5.41, 5.74) is 0.792. The third-order valence-corrected chi connectivity index (χ3v) is 1.73. The summed E-state index contributed by atoms with van der Waals surface area (Å²) in [6.45, 7) is 0. The van der Waals surface area contributed by atoms with E-state index >= 15 is 0 Å². The zero-order chi connectivity index (χ0) is 9.97. The Morgan fingerprint density at radius 1 is 1.29 bits per heavy atom. The number of benzene rings is 1. The Balaban J connectivity index is 2.36. The molecule has 0 radical (unpaired) electrons. The highest BCUT2D eigenvalue weighted by Gasteiger charge is 2.02. The predicted molar refractivity (Wildman–Crippen MR) is 44.1 cm³/mol. The van der Waals surface area contributed by atoms with E-state index in [1.807, 2.05) is 0 Å². The molecule has 0 amide bonds. The van der Waals surface area contributed by atoms with Crippen LogP contribution >= 0.6 is 0 Å². The second kappa shape index (κ2) is 3.29. The van der Waals surface area contributed by atoms with Crippen LogP contribution in [0.25, 0.3) is 11.5 Å². The maximum absolute atomic E-state index is 10.4. The Bertz CT molecular complexity index is 434. The second-order valence-electron chi connectivity index (χ2n) is 2.61. The predicted octanol–water partition coefficient (Wildman–Crippen LogP) is 0.100. The molecule has 5 heteroatoms. The lowest BCUT2D eigenvalue weighted by atomic mass is 10.1. The van der Waals surface area contributed by atoms with Gasteiger partial charge in [-0.2, -0.15) is 0 Å². The van der Waals surface area contributed by atoms with Crippen LogP contribution in [0.4, 0.5) is 0 Å². The van der Waals surface area contributed by atoms with Crippen LogP contribution in [0.3, 0.4) is 0 Å². The third kappa shape index (κ3) is 1.47. The van der Waals surface area contributed by atoms with E-state index in [1.165, 1.54) is 18.5 Å². The highest BCUT2D eigenvalue weighted by molar-refractivity contribution is 5.86. The first-order valence-electron chi connectivity index (χ1n) is 3.85. The number of hydrogen-bond acceptors (Lipinski definition) is 5. The zero-order valence-corrected chi connectivity index (χ0v) is 7.01. The van der Waals surface area contributed by atoms with Crippen LogP contribution in [0.5, 0.6) is 0 Å². The lowest BCUT2D eigenvalue weighted by molar-refractivity contribution is -0.255. The molecular formula is C9H5N2O3-. The number of carbonyl (C=O) groups excluding carboxylic acids is 1. The number of nitrogens with zero attached hydrogens (tertiary/aromatic N) is 2. The maximum Gasteiger partial charge on any atom is 0.247 e. The van der Waals surface area contributed by atoms with Gasteiger partial charge >= 0.3 is 0 Å². The van der Waals surface area contributed by atoms with Crippen LogP contribution in [0.2, 0.25) is 0 Å². The maximum atomic E-state index is 10.4. The van der Waals surface area contributed by atoms with Crippen molar-refractivity contribution in [2.45, 2.75) is 0 Å². The molecule has 0 spiro atoms. The molecule has 0 atom stereocenters. The molecule has 5 nitrogen and oxygen atoms in total. The number of carboxylic acid groups (broad SMARTS) is 1. The Morgan fingerprint density at radius 3 is 2.50 bits per heavy atom. The second-order valence-corrected chi connectivity index (χ2v) is 2.61. The van der Waals surface area contributed by atoms with Gasteiger partial charge in [-0.1, -0.05) is 12.1 Å². The van der Waals surface area contributed by atoms with E-state index in [0.717, 1.165) is 0 Å². The minimum Gasteiger partial charge on any atom is -0.545 e. The van der Waals surface area contributed by atoms with Crippen LogP contribution in [0.1, 0.15) is 10.4 Å². The Hall–Kier alpha value is -2.17. The highest BCUT2D eigenvalue weighted by Crippen LogP contribution is 2.16. The molecule has 0 saturated carbocycles. The highest BCUT2D eigenvalue weighted by atomic mass is 16.4. The van der Waals surface area contributed by atoms with Crippen LogP contribution in [0.15, 0.2) is 35.1 Å². The number of carboxylic acids is 1. The van der Waals surface area contributed by atoms with E-state index < -0.39 is 5.97 Å². The number of rotatable bonds is 2. The summed E-state index contributed by atoms with van der Waals surface area (Å²) in [5, 5.41) is 17.6. The van der Waals surface area contributed by atoms with E-state index in [1.54, 1.807) is 12.1 Å². The fourth-order valence-corrected chi connectivity index (χ4v) is 1.05. The van der Waals surface area contributed by atoms with E-state index in [-0.39, 0.29) is 5.56 Å². The molecule has 0 fully saturated rings. The largest absolute Gasteiger partial charge is 0.545 e. The van der Waals surface area contributed by atoms with E-state index in [4.69, 9.17) is 4.42 Å². The molecule has 0 aliphatic heterocycles. The van der Waals surface area contributed by atoms with Crippen molar-refractivity contribution in [2.24, 2.45) is 0 Å². The summed E-state index contributed by atoms with van der Waals surface area (Å²) < 4.78 is 4.93. The van der Waals surface area contributed by atoms with Gasteiger partial charge < -0.3 is 14.3 Å². The average Bonchev–Trinajstić information content (AvgIpc) is 2.71. The number of aromatic carboxylic acids is 1. The minimum atomic E-state index is -1.21. The molecule has 14 heavy (non-hydrogen) atoms. The minimum absolute atomic E-state index is 0.119. The topological polar surface area (TPSA) is 79.0 Å². The fourth-order valence-electron chi connectivity index (χ4n) is 1.05. The standard InChI is InChI=1S/C9H6N2O3/c12-9(13)7-3-1-6(2-4-7)8-11-10-5-14-8/h1-5H,(H,12,13)/p-1. The third-order valence-electron chi connectivity index (χ3n) is 1.73. The van der Waals surface area contributed by atoms with Gasteiger partial charge in [-0.05, 0) is 17.7 Å². The molecule has 1 aromatic carbocycles. The first-order chi connectivity index (χ1) is 6.77. The molecule has 2 rings (SSSR count). The van der Waals surface area contributed by atoms with Crippen LogP contribution < -0.4 is 5.11 Å². The number of carbonyl (C=O) groups is 1. The first kappa shape index (κ1) is 8.43. The van der Waals surface area contributed by atoms with Gasteiger partial charge in [-0.3, -0.25) is 0 Å². The van der Waals surface area contributed by atoms with Gasteiger partial charge in [0.15, 0.2) is 0 Å².